The monoisotopic (exact) mass is 391 g/mol. The van der Waals surface area contributed by atoms with E-state index in [1.165, 1.54) is 19.2 Å². The highest BCUT2D eigenvalue weighted by molar-refractivity contribution is 7.89. The first-order valence-electron chi connectivity index (χ1n) is 6.43. The highest BCUT2D eigenvalue weighted by Gasteiger charge is 2.20. The third kappa shape index (κ3) is 4.18. The second-order valence-corrected chi connectivity index (χ2v) is 8.05. The summed E-state index contributed by atoms with van der Waals surface area (Å²) in [4.78, 5) is 23.7. The van der Waals surface area contributed by atoms with Crippen LogP contribution in [0.3, 0.4) is 0 Å². The molecule has 0 saturated carbocycles. The van der Waals surface area contributed by atoms with E-state index in [4.69, 9.17) is 16.3 Å². The van der Waals surface area contributed by atoms with Crippen LogP contribution in [0.5, 0.6) is 0 Å². The number of hydrogen-bond donors (Lipinski definition) is 1. The van der Waals surface area contributed by atoms with Crippen LogP contribution in [0.4, 0.5) is 4.39 Å². The first-order valence-corrected chi connectivity index (χ1v) is 9.11. The Morgan fingerprint density at radius 3 is 2.58 bits per heavy atom. The summed E-state index contributed by atoms with van der Waals surface area (Å²) in [5.41, 5.74) is -0.580. The summed E-state index contributed by atoms with van der Waals surface area (Å²) in [6.07, 6.45) is 0. The Bertz CT molecular complexity index is 894. The molecule has 2 aromatic rings. The number of benzene rings is 1. The molecule has 24 heavy (non-hydrogen) atoms. The molecule has 0 spiro atoms. The maximum atomic E-state index is 13.7. The SMILES string of the molecule is CNS(=O)(=O)c1ccc(F)c(C(=O)OCC(=O)c2ccc(Cl)s2)c1. The van der Waals surface area contributed by atoms with Gasteiger partial charge in [0.1, 0.15) is 5.82 Å². The van der Waals surface area contributed by atoms with E-state index in [9.17, 15) is 22.4 Å². The second kappa shape index (κ2) is 7.39. The van der Waals surface area contributed by atoms with Gasteiger partial charge in [-0.15, -0.1) is 11.3 Å². The van der Waals surface area contributed by atoms with Crippen LogP contribution in [0.2, 0.25) is 4.34 Å². The Morgan fingerprint density at radius 1 is 1.29 bits per heavy atom. The molecule has 0 radical (unpaired) electrons. The van der Waals surface area contributed by atoms with Crippen molar-refractivity contribution in [2.45, 2.75) is 4.90 Å². The van der Waals surface area contributed by atoms with Crippen molar-refractivity contribution in [3.05, 3.63) is 50.9 Å². The summed E-state index contributed by atoms with van der Waals surface area (Å²) >= 11 is 6.72. The zero-order chi connectivity index (χ0) is 17.9. The number of halogens is 2. The van der Waals surface area contributed by atoms with Crippen LogP contribution in [-0.2, 0) is 14.8 Å². The minimum absolute atomic E-state index is 0.291. The lowest BCUT2D eigenvalue weighted by molar-refractivity contribution is 0.0471. The van der Waals surface area contributed by atoms with Crippen molar-refractivity contribution < 1.29 is 27.1 Å². The maximum absolute atomic E-state index is 13.7. The van der Waals surface area contributed by atoms with Crippen LogP contribution in [-0.4, -0.2) is 33.8 Å². The summed E-state index contributed by atoms with van der Waals surface area (Å²) in [6, 6.07) is 5.69. The molecule has 2 rings (SSSR count). The molecule has 0 aliphatic heterocycles. The standard InChI is InChI=1S/C14H11ClFNO5S2/c1-17-24(20,21)8-2-3-10(16)9(6-8)14(19)22-7-11(18)12-4-5-13(15)23-12/h2-6,17H,7H2,1H3. The third-order valence-electron chi connectivity index (χ3n) is 2.92. The fourth-order valence-electron chi connectivity index (χ4n) is 1.69. The molecule has 0 bridgehead atoms. The first-order chi connectivity index (χ1) is 11.2. The van der Waals surface area contributed by atoms with Gasteiger partial charge in [-0.05, 0) is 37.4 Å². The van der Waals surface area contributed by atoms with Gasteiger partial charge < -0.3 is 4.74 Å². The number of rotatable bonds is 6. The van der Waals surface area contributed by atoms with Crippen molar-refractivity contribution in [3.63, 3.8) is 0 Å². The molecule has 1 heterocycles. The third-order valence-corrected chi connectivity index (χ3v) is 5.60. The summed E-state index contributed by atoms with van der Waals surface area (Å²) in [7, 11) is -2.66. The summed E-state index contributed by atoms with van der Waals surface area (Å²) in [5, 5.41) is 0. The van der Waals surface area contributed by atoms with E-state index in [2.05, 4.69) is 0 Å². The molecule has 0 unspecified atom stereocenters. The van der Waals surface area contributed by atoms with Gasteiger partial charge in [-0.2, -0.15) is 0 Å². The van der Waals surface area contributed by atoms with E-state index in [1.54, 1.807) is 0 Å². The van der Waals surface area contributed by atoms with Gasteiger partial charge in [-0.25, -0.2) is 22.3 Å². The number of ketones is 1. The predicted octanol–water partition coefficient (Wildman–Crippen LogP) is 2.49. The number of esters is 1. The number of thiophene rings is 1. The van der Waals surface area contributed by atoms with E-state index in [-0.39, 0.29) is 4.90 Å². The van der Waals surface area contributed by atoms with E-state index in [1.807, 2.05) is 4.72 Å². The molecule has 10 heteroatoms. The van der Waals surface area contributed by atoms with Crippen molar-refractivity contribution in [2.24, 2.45) is 0 Å². The molecule has 0 atom stereocenters. The number of carbonyl (C=O) groups excluding carboxylic acids is 2. The number of carbonyl (C=O) groups is 2. The maximum Gasteiger partial charge on any atom is 0.341 e. The molecule has 0 fully saturated rings. The lowest BCUT2D eigenvalue weighted by Crippen LogP contribution is -2.20. The fourth-order valence-corrected chi connectivity index (χ4v) is 3.41. The van der Waals surface area contributed by atoms with Gasteiger partial charge in [0, 0.05) is 0 Å². The predicted molar refractivity (Wildman–Crippen MR) is 86.6 cm³/mol. The minimum Gasteiger partial charge on any atom is -0.454 e. The van der Waals surface area contributed by atoms with Crippen molar-refractivity contribution in [3.8, 4) is 0 Å². The van der Waals surface area contributed by atoms with Crippen LogP contribution in [0, 0.1) is 5.82 Å². The van der Waals surface area contributed by atoms with Gasteiger partial charge in [0.25, 0.3) is 0 Å². The van der Waals surface area contributed by atoms with Crippen LogP contribution < -0.4 is 4.72 Å². The van der Waals surface area contributed by atoms with E-state index < -0.39 is 39.8 Å². The lowest BCUT2D eigenvalue weighted by Gasteiger charge is -2.07. The molecule has 0 saturated heterocycles. The lowest BCUT2D eigenvalue weighted by atomic mass is 10.2. The molecule has 0 aliphatic carbocycles. The molecule has 128 valence electrons. The van der Waals surface area contributed by atoms with Crippen LogP contribution >= 0.6 is 22.9 Å². The fraction of sp³-hybridized carbons (Fsp3) is 0.143. The number of Topliss-reactive ketones (excluding diaryl/α,β-unsaturated/α-hetero) is 1. The molecule has 0 aliphatic rings. The second-order valence-electron chi connectivity index (χ2n) is 4.45. The van der Waals surface area contributed by atoms with Crippen molar-refractivity contribution in [1.29, 1.82) is 0 Å². The number of nitrogens with one attached hydrogen (secondary N) is 1. The Hall–Kier alpha value is -1.81. The van der Waals surface area contributed by atoms with Gasteiger partial charge in [-0.1, -0.05) is 11.6 Å². The molecular weight excluding hydrogens is 381 g/mol. The van der Waals surface area contributed by atoms with E-state index >= 15 is 0 Å². The summed E-state index contributed by atoms with van der Waals surface area (Å²) < 4.78 is 44.3. The van der Waals surface area contributed by atoms with Gasteiger partial charge in [0.05, 0.1) is 19.7 Å². The number of sulfonamides is 1. The van der Waals surface area contributed by atoms with E-state index in [0.717, 1.165) is 29.5 Å². The summed E-state index contributed by atoms with van der Waals surface area (Å²) in [6.45, 7) is -0.613. The highest BCUT2D eigenvalue weighted by atomic mass is 35.5. The van der Waals surface area contributed by atoms with E-state index in [0.29, 0.717) is 9.21 Å². The van der Waals surface area contributed by atoms with Crippen molar-refractivity contribution in [1.82, 2.24) is 4.72 Å². The molecule has 1 aromatic heterocycles. The average Bonchev–Trinajstić information content (AvgIpc) is 2.99. The Labute approximate surface area is 146 Å². The van der Waals surface area contributed by atoms with Gasteiger partial charge in [0.2, 0.25) is 15.8 Å². The van der Waals surface area contributed by atoms with Gasteiger partial charge >= 0.3 is 5.97 Å². The smallest absolute Gasteiger partial charge is 0.341 e. The topological polar surface area (TPSA) is 89.5 Å². The zero-order valence-corrected chi connectivity index (χ0v) is 14.6. The Morgan fingerprint density at radius 2 is 2.00 bits per heavy atom. The quantitative estimate of drug-likeness (QED) is 0.603. The Kier molecular flexibility index (Phi) is 5.70. The average molecular weight is 392 g/mol. The summed E-state index contributed by atoms with van der Waals surface area (Å²) in [5.74, 6) is -2.60. The highest BCUT2D eigenvalue weighted by Crippen LogP contribution is 2.22. The largest absolute Gasteiger partial charge is 0.454 e. The normalized spacial score (nSPS) is 11.3. The van der Waals surface area contributed by atoms with Crippen LogP contribution in [0.1, 0.15) is 20.0 Å². The van der Waals surface area contributed by atoms with Gasteiger partial charge in [-0.3, -0.25) is 4.79 Å². The van der Waals surface area contributed by atoms with Crippen molar-refractivity contribution >= 4 is 44.7 Å². The molecular formula is C14H11ClFNO5S2. The molecule has 6 nitrogen and oxygen atoms in total. The van der Waals surface area contributed by atoms with Crippen molar-refractivity contribution in [2.75, 3.05) is 13.7 Å². The first kappa shape index (κ1) is 18.5. The number of ether oxygens (including phenoxy) is 1. The molecule has 0 amide bonds. The number of hydrogen-bond acceptors (Lipinski definition) is 6. The van der Waals surface area contributed by atoms with Gasteiger partial charge in [0.15, 0.2) is 6.61 Å². The van der Waals surface area contributed by atoms with Crippen LogP contribution in [0.25, 0.3) is 0 Å². The minimum atomic E-state index is -3.85. The molecule has 1 aromatic carbocycles. The van der Waals surface area contributed by atoms with Crippen LogP contribution in [0.15, 0.2) is 35.2 Å². The zero-order valence-electron chi connectivity index (χ0n) is 12.2. The Balaban J connectivity index is 2.15. The molecule has 1 N–H and O–H groups in total.